The molecule has 0 spiro atoms. The molecule has 1 fully saturated rings. The number of rotatable bonds is 4. The van der Waals surface area contributed by atoms with Crippen LogP contribution in [0.15, 0.2) is 33.0 Å². The molecule has 1 heterocycles. The van der Waals surface area contributed by atoms with Gasteiger partial charge in [-0.3, -0.25) is 4.57 Å². The highest BCUT2D eigenvalue weighted by atomic mass is 35.5. The first-order valence-corrected chi connectivity index (χ1v) is 7.65. The van der Waals surface area contributed by atoms with Crippen molar-refractivity contribution >= 4 is 23.4 Å². The average molecular weight is 311 g/mol. The molecule has 7 heteroatoms. The lowest BCUT2D eigenvalue weighted by Crippen LogP contribution is -2.16. The van der Waals surface area contributed by atoms with E-state index in [4.69, 9.17) is 17.3 Å². The molecule has 0 aliphatic heterocycles. The van der Waals surface area contributed by atoms with Gasteiger partial charge in [-0.15, -0.1) is 5.10 Å². The summed E-state index contributed by atoms with van der Waals surface area (Å²) in [5.41, 5.74) is 6.67. The van der Waals surface area contributed by atoms with Gasteiger partial charge in [0.15, 0.2) is 5.16 Å². The van der Waals surface area contributed by atoms with E-state index in [-0.39, 0.29) is 17.8 Å². The lowest BCUT2D eigenvalue weighted by Gasteiger charge is -2.09. The molecule has 0 saturated heterocycles. The highest BCUT2D eigenvalue weighted by Crippen LogP contribution is 2.39. The number of benzene rings is 1. The minimum Gasteiger partial charge on any atom is -0.324 e. The van der Waals surface area contributed by atoms with Gasteiger partial charge in [0.05, 0.1) is 5.02 Å². The van der Waals surface area contributed by atoms with E-state index in [0.29, 0.717) is 10.2 Å². The molecule has 1 aliphatic rings. The minimum absolute atomic E-state index is 0.0541. The fourth-order valence-corrected chi connectivity index (χ4v) is 3.21. The molecule has 0 amide bonds. The Morgan fingerprint density at radius 3 is 2.90 bits per heavy atom. The molecule has 3 rings (SSSR count). The van der Waals surface area contributed by atoms with Gasteiger partial charge in [0.2, 0.25) is 0 Å². The molecule has 106 valence electrons. The summed E-state index contributed by atoms with van der Waals surface area (Å²) in [5, 5.41) is 7.86. The van der Waals surface area contributed by atoms with Gasteiger partial charge in [-0.25, -0.2) is 9.89 Å². The van der Waals surface area contributed by atoms with Crippen molar-refractivity contribution in [3.63, 3.8) is 0 Å². The van der Waals surface area contributed by atoms with Crippen LogP contribution in [0.2, 0.25) is 5.02 Å². The molecule has 2 aromatic rings. The Morgan fingerprint density at radius 1 is 1.55 bits per heavy atom. The van der Waals surface area contributed by atoms with Crippen LogP contribution in [0.3, 0.4) is 0 Å². The summed E-state index contributed by atoms with van der Waals surface area (Å²) in [6, 6.07) is 5.96. The number of nitrogens with zero attached hydrogens (tertiary/aromatic N) is 2. The van der Waals surface area contributed by atoms with Gasteiger partial charge in [0.1, 0.15) is 0 Å². The lowest BCUT2D eigenvalue weighted by molar-refractivity contribution is 0.642. The van der Waals surface area contributed by atoms with E-state index in [1.165, 1.54) is 11.8 Å². The number of aromatic nitrogens is 3. The second-order valence-corrected chi connectivity index (χ2v) is 6.41. The fraction of sp³-hybridized carbons (Fsp3) is 0.385. The maximum absolute atomic E-state index is 11.7. The summed E-state index contributed by atoms with van der Waals surface area (Å²) in [7, 11) is 0. The van der Waals surface area contributed by atoms with Gasteiger partial charge in [-0.1, -0.05) is 17.7 Å². The average Bonchev–Trinajstić information content (AvgIpc) is 3.17. The molecule has 5 nitrogen and oxygen atoms in total. The summed E-state index contributed by atoms with van der Waals surface area (Å²) in [6.45, 7) is 1.91. The smallest absolute Gasteiger partial charge is 0.324 e. The molecular weight excluding hydrogens is 296 g/mol. The Kier molecular flexibility index (Phi) is 3.62. The van der Waals surface area contributed by atoms with E-state index in [1.807, 2.05) is 25.1 Å². The van der Waals surface area contributed by atoms with E-state index >= 15 is 0 Å². The Balaban J connectivity index is 1.90. The predicted molar refractivity (Wildman–Crippen MR) is 79.3 cm³/mol. The molecule has 3 N–H and O–H groups in total. The van der Waals surface area contributed by atoms with E-state index in [9.17, 15) is 4.79 Å². The second kappa shape index (κ2) is 5.27. The van der Waals surface area contributed by atoms with Crippen molar-refractivity contribution in [2.75, 3.05) is 0 Å². The number of aromatic amines is 1. The van der Waals surface area contributed by atoms with E-state index < -0.39 is 0 Å². The van der Waals surface area contributed by atoms with Crippen molar-refractivity contribution in [1.29, 1.82) is 0 Å². The maximum atomic E-state index is 11.7. The monoisotopic (exact) mass is 310 g/mol. The van der Waals surface area contributed by atoms with Crippen molar-refractivity contribution in [1.82, 2.24) is 14.8 Å². The van der Waals surface area contributed by atoms with Crippen LogP contribution in [0, 0.1) is 0 Å². The molecule has 0 unspecified atom stereocenters. The fourth-order valence-electron chi connectivity index (χ4n) is 2.00. The van der Waals surface area contributed by atoms with Crippen LogP contribution in [-0.4, -0.2) is 14.8 Å². The van der Waals surface area contributed by atoms with Crippen molar-refractivity contribution in [2.24, 2.45) is 5.73 Å². The molecule has 1 saturated carbocycles. The summed E-state index contributed by atoms with van der Waals surface area (Å²) < 4.78 is 1.71. The first-order chi connectivity index (χ1) is 9.56. The first kappa shape index (κ1) is 13.7. The van der Waals surface area contributed by atoms with Gasteiger partial charge in [-0.2, -0.15) is 0 Å². The molecule has 1 aliphatic carbocycles. The van der Waals surface area contributed by atoms with Crippen molar-refractivity contribution in [3.8, 4) is 0 Å². The van der Waals surface area contributed by atoms with Crippen LogP contribution < -0.4 is 11.4 Å². The van der Waals surface area contributed by atoms with Crippen LogP contribution in [0.4, 0.5) is 0 Å². The van der Waals surface area contributed by atoms with Crippen LogP contribution in [-0.2, 0) is 0 Å². The van der Waals surface area contributed by atoms with Gasteiger partial charge >= 0.3 is 5.69 Å². The van der Waals surface area contributed by atoms with Gasteiger partial charge in [0.25, 0.3) is 0 Å². The minimum atomic E-state index is -0.154. The van der Waals surface area contributed by atoms with Crippen LogP contribution in [0.1, 0.15) is 37.4 Å². The predicted octanol–water partition coefficient (Wildman–Crippen LogP) is 2.73. The standard InChI is InChI=1S/C13H15ClN4OS/c1-7(15)8-2-5-11(10(14)6-8)20-13-17-16-12(19)18(13)9-3-4-9/h2,5-7,9H,3-4,15H2,1H3,(H,16,19)/t7-/m1/s1. The second-order valence-electron chi connectivity index (χ2n) is 4.99. The summed E-state index contributed by atoms with van der Waals surface area (Å²) in [4.78, 5) is 12.6. The first-order valence-electron chi connectivity index (χ1n) is 6.46. The van der Waals surface area contributed by atoms with Crippen molar-refractivity contribution < 1.29 is 0 Å². The molecule has 1 atom stereocenters. The normalized spacial score (nSPS) is 16.4. The Hall–Kier alpha value is -1.24. The van der Waals surface area contributed by atoms with Gasteiger partial charge in [-0.05, 0) is 49.2 Å². The number of halogens is 1. The topological polar surface area (TPSA) is 76.7 Å². The van der Waals surface area contributed by atoms with Crippen molar-refractivity contribution in [3.05, 3.63) is 39.3 Å². The van der Waals surface area contributed by atoms with Crippen LogP contribution in [0.25, 0.3) is 0 Å². The molecule has 1 aromatic carbocycles. The zero-order chi connectivity index (χ0) is 14.3. The lowest BCUT2D eigenvalue weighted by atomic mass is 10.1. The zero-order valence-corrected chi connectivity index (χ0v) is 12.5. The van der Waals surface area contributed by atoms with Crippen LogP contribution in [0.5, 0.6) is 0 Å². The summed E-state index contributed by atoms with van der Waals surface area (Å²) in [6.07, 6.45) is 2.06. The number of nitrogens with two attached hydrogens (primary N) is 1. The molecule has 0 bridgehead atoms. The van der Waals surface area contributed by atoms with E-state index in [2.05, 4.69) is 10.2 Å². The van der Waals surface area contributed by atoms with Crippen molar-refractivity contribution in [2.45, 2.75) is 41.9 Å². The highest BCUT2D eigenvalue weighted by molar-refractivity contribution is 7.99. The number of nitrogens with one attached hydrogen (secondary N) is 1. The quantitative estimate of drug-likeness (QED) is 0.910. The van der Waals surface area contributed by atoms with E-state index in [0.717, 1.165) is 23.3 Å². The Labute approximate surface area is 125 Å². The third-order valence-electron chi connectivity index (χ3n) is 3.27. The Morgan fingerprint density at radius 2 is 2.30 bits per heavy atom. The molecule has 1 aromatic heterocycles. The Bertz CT molecular complexity index is 690. The third-order valence-corrected chi connectivity index (χ3v) is 4.74. The zero-order valence-electron chi connectivity index (χ0n) is 11.0. The van der Waals surface area contributed by atoms with E-state index in [1.54, 1.807) is 4.57 Å². The summed E-state index contributed by atoms with van der Waals surface area (Å²) >= 11 is 7.67. The number of hydrogen-bond donors (Lipinski definition) is 2. The number of H-pyrrole nitrogens is 1. The van der Waals surface area contributed by atoms with Crippen LogP contribution >= 0.6 is 23.4 Å². The molecule has 0 radical (unpaired) electrons. The molecular formula is C13H15ClN4OS. The largest absolute Gasteiger partial charge is 0.344 e. The number of hydrogen-bond acceptors (Lipinski definition) is 4. The third kappa shape index (κ3) is 2.63. The maximum Gasteiger partial charge on any atom is 0.344 e. The van der Waals surface area contributed by atoms with Gasteiger partial charge < -0.3 is 5.73 Å². The SMILES string of the molecule is C[C@@H](N)c1ccc(Sc2n[nH]c(=O)n2C2CC2)c(Cl)c1. The summed E-state index contributed by atoms with van der Waals surface area (Å²) in [5.74, 6) is 0. The molecule has 20 heavy (non-hydrogen) atoms. The van der Waals surface area contributed by atoms with Gasteiger partial charge in [0, 0.05) is 17.0 Å². The highest BCUT2D eigenvalue weighted by Gasteiger charge is 2.28.